The molecular weight excluding hydrogens is 390 g/mol. The van der Waals surface area contributed by atoms with Crippen molar-refractivity contribution in [3.05, 3.63) is 11.7 Å². The molecule has 0 radical (unpaired) electrons. The molecule has 0 aliphatic carbocycles. The molecule has 0 N–H and O–H groups in total. The number of methoxy groups -OCH3 is 1. The first-order chi connectivity index (χ1) is 14.0. The molecule has 9 heteroatoms. The highest BCUT2D eigenvalue weighted by molar-refractivity contribution is 5.69. The molecule has 0 spiro atoms. The first kappa shape index (κ1) is 24.6. The van der Waals surface area contributed by atoms with Crippen LogP contribution in [0.5, 0.6) is 0 Å². The lowest BCUT2D eigenvalue weighted by Gasteiger charge is -2.33. The molecular formula is C21H37N3O6. The zero-order valence-corrected chi connectivity index (χ0v) is 19.6. The van der Waals surface area contributed by atoms with Gasteiger partial charge in [0.25, 0.3) is 0 Å². The van der Waals surface area contributed by atoms with Crippen LogP contribution in [-0.2, 0) is 24.4 Å². The smallest absolute Gasteiger partial charge is 0.410 e. The Morgan fingerprint density at radius 1 is 1.30 bits per heavy atom. The maximum atomic E-state index is 12.8. The molecule has 1 saturated heterocycles. The normalized spacial score (nSPS) is 19.7. The zero-order valence-electron chi connectivity index (χ0n) is 19.6. The van der Waals surface area contributed by atoms with Crippen molar-refractivity contribution in [2.45, 2.75) is 90.8 Å². The summed E-state index contributed by atoms with van der Waals surface area (Å²) < 4.78 is 28.2. The van der Waals surface area contributed by atoms with Gasteiger partial charge in [-0.05, 0) is 61.3 Å². The summed E-state index contributed by atoms with van der Waals surface area (Å²) in [5.74, 6) is 0.847. The van der Waals surface area contributed by atoms with E-state index in [1.807, 2.05) is 48.5 Å². The summed E-state index contributed by atoms with van der Waals surface area (Å²) in [6, 6.07) is -0.279. The van der Waals surface area contributed by atoms with Crippen molar-refractivity contribution >= 4 is 6.09 Å². The third-order valence-corrected chi connectivity index (χ3v) is 4.80. The number of nitrogens with zero attached hydrogens (tertiary/aromatic N) is 3. The van der Waals surface area contributed by atoms with Crippen molar-refractivity contribution in [1.29, 1.82) is 0 Å². The standard InChI is InChI=1S/C21H37N3O6/c1-9-27-14(2)28-16(17-22-18(30-23-17)21(6,7)13-26-8)15-11-10-12-24(15)19(25)29-20(3,4)5/h14-16H,9-13H2,1-8H3/t14?,15-,16?/m0/s1. The highest BCUT2D eigenvalue weighted by Crippen LogP contribution is 2.34. The number of carbonyl (C=O) groups is 1. The Balaban J connectivity index is 2.31. The van der Waals surface area contributed by atoms with Crippen molar-refractivity contribution in [1.82, 2.24) is 15.0 Å². The van der Waals surface area contributed by atoms with Gasteiger partial charge >= 0.3 is 6.09 Å². The number of amides is 1. The largest absolute Gasteiger partial charge is 0.444 e. The van der Waals surface area contributed by atoms with Gasteiger partial charge in [-0.25, -0.2) is 4.79 Å². The molecule has 2 rings (SSSR count). The van der Waals surface area contributed by atoms with Crippen molar-refractivity contribution in [3.63, 3.8) is 0 Å². The summed E-state index contributed by atoms with van der Waals surface area (Å²) in [7, 11) is 1.63. The Bertz CT molecular complexity index is 685. The van der Waals surface area contributed by atoms with Crippen LogP contribution in [0.4, 0.5) is 4.79 Å². The van der Waals surface area contributed by atoms with Crippen LogP contribution in [0.1, 0.15) is 79.1 Å². The Labute approximate surface area is 179 Å². The Morgan fingerprint density at radius 3 is 2.60 bits per heavy atom. The van der Waals surface area contributed by atoms with Crippen molar-refractivity contribution in [2.24, 2.45) is 0 Å². The second-order valence-electron chi connectivity index (χ2n) is 9.24. The molecule has 3 atom stereocenters. The molecule has 0 bridgehead atoms. The predicted octanol–water partition coefficient (Wildman–Crippen LogP) is 3.83. The van der Waals surface area contributed by atoms with Crippen LogP contribution >= 0.6 is 0 Å². The Kier molecular flexibility index (Phi) is 8.24. The van der Waals surface area contributed by atoms with Gasteiger partial charge in [-0.3, -0.25) is 0 Å². The van der Waals surface area contributed by atoms with Crippen LogP contribution in [0.25, 0.3) is 0 Å². The molecule has 2 unspecified atom stereocenters. The summed E-state index contributed by atoms with van der Waals surface area (Å²) in [4.78, 5) is 19.1. The van der Waals surface area contributed by atoms with Crippen LogP contribution in [-0.4, -0.2) is 65.9 Å². The first-order valence-corrected chi connectivity index (χ1v) is 10.6. The first-order valence-electron chi connectivity index (χ1n) is 10.6. The highest BCUT2D eigenvalue weighted by atomic mass is 16.7. The van der Waals surface area contributed by atoms with Gasteiger partial charge in [0.15, 0.2) is 6.29 Å². The number of hydrogen-bond donors (Lipinski definition) is 0. The van der Waals surface area contributed by atoms with E-state index in [-0.39, 0.29) is 12.1 Å². The van der Waals surface area contributed by atoms with Crippen LogP contribution in [0.15, 0.2) is 4.52 Å². The fourth-order valence-electron chi connectivity index (χ4n) is 3.51. The Morgan fingerprint density at radius 2 is 2.00 bits per heavy atom. The average molecular weight is 428 g/mol. The van der Waals surface area contributed by atoms with Crippen LogP contribution in [0.3, 0.4) is 0 Å². The molecule has 1 amide bonds. The second-order valence-corrected chi connectivity index (χ2v) is 9.24. The molecule has 1 aliphatic rings. The predicted molar refractivity (Wildman–Crippen MR) is 110 cm³/mol. The number of aromatic nitrogens is 2. The second kappa shape index (κ2) is 10.1. The van der Waals surface area contributed by atoms with Gasteiger partial charge in [-0.1, -0.05) is 5.16 Å². The van der Waals surface area contributed by atoms with E-state index in [1.54, 1.807) is 12.0 Å². The van der Waals surface area contributed by atoms with E-state index in [9.17, 15) is 4.79 Å². The van der Waals surface area contributed by atoms with E-state index in [1.165, 1.54) is 0 Å². The number of rotatable bonds is 9. The fourth-order valence-corrected chi connectivity index (χ4v) is 3.51. The lowest BCUT2D eigenvalue weighted by Crippen LogP contribution is -2.44. The monoisotopic (exact) mass is 427 g/mol. The van der Waals surface area contributed by atoms with Crippen molar-refractivity contribution < 1.29 is 28.3 Å². The van der Waals surface area contributed by atoms with E-state index in [0.29, 0.717) is 31.5 Å². The van der Waals surface area contributed by atoms with Gasteiger partial charge in [-0.15, -0.1) is 0 Å². The molecule has 1 aromatic rings. The number of hydrogen-bond acceptors (Lipinski definition) is 8. The summed E-state index contributed by atoms with van der Waals surface area (Å²) in [5, 5.41) is 4.19. The van der Waals surface area contributed by atoms with Crippen LogP contribution < -0.4 is 0 Å². The summed E-state index contributed by atoms with van der Waals surface area (Å²) in [5.41, 5.74) is -1.03. The lowest BCUT2D eigenvalue weighted by molar-refractivity contribution is -0.174. The molecule has 1 aliphatic heterocycles. The van der Waals surface area contributed by atoms with E-state index in [4.69, 9.17) is 23.5 Å². The van der Waals surface area contributed by atoms with E-state index < -0.39 is 23.4 Å². The quantitative estimate of drug-likeness (QED) is 0.549. The molecule has 0 saturated carbocycles. The lowest BCUT2D eigenvalue weighted by atomic mass is 9.95. The van der Waals surface area contributed by atoms with Gasteiger partial charge < -0.3 is 28.4 Å². The highest BCUT2D eigenvalue weighted by Gasteiger charge is 2.42. The van der Waals surface area contributed by atoms with E-state index in [0.717, 1.165) is 12.8 Å². The van der Waals surface area contributed by atoms with Gasteiger partial charge in [0.1, 0.15) is 11.7 Å². The molecule has 1 aromatic heterocycles. The Hall–Kier alpha value is -1.71. The maximum absolute atomic E-state index is 12.8. The number of ether oxygens (including phenoxy) is 4. The fraction of sp³-hybridized carbons (Fsp3) is 0.857. The number of likely N-dealkylation sites (tertiary alicyclic amines) is 1. The number of carbonyl (C=O) groups excluding carboxylic acids is 1. The topological polar surface area (TPSA) is 96.1 Å². The van der Waals surface area contributed by atoms with Crippen LogP contribution in [0, 0.1) is 0 Å². The minimum Gasteiger partial charge on any atom is -0.444 e. The third-order valence-electron chi connectivity index (χ3n) is 4.80. The molecule has 172 valence electrons. The molecule has 2 heterocycles. The van der Waals surface area contributed by atoms with Crippen molar-refractivity contribution in [3.8, 4) is 0 Å². The SMILES string of the molecule is CCOC(C)OC(c1noc(C(C)(C)COC)n1)[C@@H]1CCCN1C(=O)OC(C)(C)C. The molecule has 9 nitrogen and oxygen atoms in total. The van der Waals surface area contributed by atoms with E-state index in [2.05, 4.69) is 10.1 Å². The summed E-state index contributed by atoms with van der Waals surface area (Å²) >= 11 is 0. The minimum absolute atomic E-state index is 0.279. The third kappa shape index (κ3) is 6.39. The van der Waals surface area contributed by atoms with Crippen LogP contribution in [0.2, 0.25) is 0 Å². The molecule has 0 aromatic carbocycles. The molecule has 1 fully saturated rings. The molecule has 30 heavy (non-hydrogen) atoms. The maximum Gasteiger partial charge on any atom is 0.410 e. The van der Waals surface area contributed by atoms with Gasteiger partial charge in [-0.2, -0.15) is 4.98 Å². The minimum atomic E-state index is -0.600. The van der Waals surface area contributed by atoms with Gasteiger partial charge in [0.2, 0.25) is 11.7 Å². The summed E-state index contributed by atoms with van der Waals surface area (Å²) in [6.45, 7) is 14.7. The zero-order chi connectivity index (χ0) is 22.5. The summed E-state index contributed by atoms with van der Waals surface area (Å²) in [6.07, 6.45) is 0.124. The average Bonchev–Trinajstić information content (AvgIpc) is 3.28. The van der Waals surface area contributed by atoms with E-state index >= 15 is 0 Å². The van der Waals surface area contributed by atoms with Gasteiger partial charge in [0.05, 0.1) is 18.1 Å². The van der Waals surface area contributed by atoms with Gasteiger partial charge in [0, 0.05) is 20.3 Å². The van der Waals surface area contributed by atoms with Crippen molar-refractivity contribution in [2.75, 3.05) is 26.9 Å².